The first-order chi connectivity index (χ1) is 6.77. The van der Waals surface area contributed by atoms with Crippen molar-refractivity contribution in [2.75, 3.05) is 0 Å². The van der Waals surface area contributed by atoms with E-state index in [2.05, 4.69) is 41.1 Å². The van der Waals surface area contributed by atoms with Gasteiger partial charge in [0.15, 0.2) is 0 Å². The Bertz CT molecular complexity index is 284. The zero-order valence-electron chi connectivity index (χ0n) is 8.72. The fraction of sp³-hybridized carbons (Fsp3) is 0.500. The Hall–Kier alpha value is -0.340. The lowest BCUT2D eigenvalue weighted by Gasteiger charge is -2.05. The third-order valence-corrected chi connectivity index (χ3v) is 3.14. The molecular formula is C12H18BrN. The molecule has 0 spiro atoms. The molecule has 0 saturated heterocycles. The van der Waals surface area contributed by atoms with Crippen LogP contribution in [-0.4, -0.2) is 0 Å². The van der Waals surface area contributed by atoms with Crippen LogP contribution in [0, 0.1) is 0 Å². The molecule has 0 unspecified atom stereocenters. The van der Waals surface area contributed by atoms with Crippen LogP contribution in [-0.2, 0) is 13.0 Å². The first-order valence-corrected chi connectivity index (χ1v) is 6.04. The summed E-state index contributed by atoms with van der Waals surface area (Å²) in [7, 11) is 0. The van der Waals surface area contributed by atoms with Crippen LogP contribution in [0.1, 0.15) is 37.3 Å². The zero-order valence-corrected chi connectivity index (χ0v) is 10.3. The number of rotatable bonds is 5. The van der Waals surface area contributed by atoms with Gasteiger partial charge in [-0.05, 0) is 30.0 Å². The van der Waals surface area contributed by atoms with E-state index in [0.29, 0.717) is 6.54 Å². The van der Waals surface area contributed by atoms with Crippen molar-refractivity contribution in [3.8, 4) is 0 Å². The predicted molar refractivity (Wildman–Crippen MR) is 65.3 cm³/mol. The molecule has 1 aromatic rings. The van der Waals surface area contributed by atoms with Crippen molar-refractivity contribution in [3.05, 3.63) is 33.8 Å². The Kier molecular flexibility index (Phi) is 5.20. The number of halogens is 1. The molecular weight excluding hydrogens is 238 g/mol. The van der Waals surface area contributed by atoms with E-state index in [0.717, 1.165) is 0 Å². The number of hydrogen-bond donors (Lipinski definition) is 1. The average Bonchev–Trinajstić information content (AvgIpc) is 2.20. The highest BCUT2D eigenvalue weighted by atomic mass is 79.9. The van der Waals surface area contributed by atoms with Gasteiger partial charge >= 0.3 is 0 Å². The summed E-state index contributed by atoms with van der Waals surface area (Å²) in [5, 5.41) is 0. The van der Waals surface area contributed by atoms with Crippen LogP contribution in [0.2, 0.25) is 0 Å². The van der Waals surface area contributed by atoms with Crippen molar-refractivity contribution in [2.24, 2.45) is 5.73 Å². The Balaban J connectivity index is 2.59. The molecule has 1 rings (SSSR count). The summed E-state index contributed by atoms with van der Waals surface area (Å²) in [6, 6.07) is 6.43. The standard InChI is InChI=1S/C12H18BrN/c1-2-3-4-5-11-7-6-10(9-14)8-12(11)13/h6-8H,2-5,9,14H2,1H3. The molecule has 0 radical (unpaired) electrons. The maximum atomic E-state index is 5.57. The van der Waals surface area contributed by atoms with Crippen molar-refractivity contribution < 1.29 is 0 Å². The van der Waals surface area contributed by atoms with Gasteiger partial charge in [-0.2, -0.15) is 0 Å². The second-order valence-electron chi connectivity index (χ2n) is 3.59. The molecule has 2 heteroatoms. The lowest BCUT2D eigenvalue weighted by atomic mass is 10.1. The van der Waals surface area contributed by atoms with Gasteiger partial charge in [0.1, 0.15) is 0 Å². The van der Waals surface area contributed by atoms with Gasteiger partial charge in [-0.25, -0.2) is 0 Å². The Morgan fingerprint density at radius 2 is 2.07 bits per heavy atom. The molecule has 0 heterocycles. The molecule has 0 aliphatic heterocycles. The summed E-state index contributed by atoms with van der Waals surface area (Å²) >= 11 is 3.58. The van der Waals surface area contributed by atoms with Crippen molar-refractivity contribution in [2.45, 2.75) is 39.2 Å². The summed E-state index contributed by atoms with van der Waals surface area (Å²) in [6.45, 7) is 2.85. The van der Waals surface area contributed by atoms with Crippen LogP contribution < -0.4 is 5.73 Å². The van der Waals surface area contributed by atoms with Gasteiger partial charge in [0.05, 0.1) is 0 Å². The fourth-order valence-corrected chi connectivity index (χ4v) is 2.11. The highest BCUT2D eigenvalue weighted by molar-refractivity contribution is 9.10. The molecule has 0 aromatic heterocycles. The minimum atomic E-state index is 0.619. The summed E-state index contributed by atoms with van der Waals surface area (Å²) in [5.74, 6) is 0. The quantitative estimate of drug-likeness (QED) is 0.800. The van der Waals surface area contributed by atoms with Gasteiger partial charge < -0.3 is 5.73 Å². The van der Waals surface area contributed by atoms with Gasteiger partial charge in [0.2, 0.25) is 0 Å². The third-order valence-electron chi connectivity index (χ3n) is 2.40. The van der Waals surface area contributed by atoms with E-state index in [1.165, 1.54) is 41.3 Å². The van der Waals surface area contributed by atoms with E-state index in [-0.39, 0.29) is 0 Å². The van der Waals surface area contributed by atoms with Gasteiger partial charge in [0, 0.05) is 11.0 Å². The van der Waals surface area contributed by atoms with Crippen LogP contribution >= 0.6 is 15.9 Å². The molecule has 2 N–H and O–H groups in total. The Morgan fingerprint density at radius 1 is 1.29 bits per heavy atom. The average molecular weight is 256 g/mol. The predicted octanol–water partition coefficient (Wildman–Crippen LogP) is 3.64. The molecule has 0 aliphatic carbocycles. The van der Waals surface area contributed by atoms with Gasteiger partial charge in [-0.1, -0.05) is 47.8 Å². The smallest absolute Gasteiger partial charge is 0.0210 e. The molecule has 0 amide bonds. The molecule has 1 nitrogen and oxygen atoms in total. The van der Waals surface area contributed by atoms with Crippen LogP contribution in [0.25, 0.3) is 0 Å². The van der Waals surface area contributed by atoms with Crippen molar-refractivity contribution in [1.82, 2.24) is 0 Å². The molecule has 14 heavy (non-hydrogen) atoms. The van der Waals surface area contributed by atoms with E-state index < -0.39 is 0 Å². The molecule has 1 aromatic carbocycles. The molecule has 0 atom stereocenters. The summed E-state index contributed by atoms with van der Waals surface area (Å²) in [6.07, 6.45) is 5.03. The number of hydrogen-bond acceptors (Lipinski definition) is 1. The number of aryl methyl sites for hydroxylation is 1. The number of nitrogens with two attached hydrogens (primary N) is 1. The van der Waals surface area contributed by atoms with Crippen LogP contribution in [0.4, 0.5) is 0 Å². The van der Waals surface area contributed by atoms with Crippen LogP contribution in [0.5, 0.6) is 0 Å². The normalized spacial score (nSPS) is 10.5. The largest absolute Gasteiger partial charge is 0.326 e. The second-order valence-corrected chi connectivity index (χ2v) is 4.44. The first kappa shape index (κ1) is 11.7. The lowest BCUT2D eigenvalue weighted by molar-refractivity contribution is 0.716. The molecule has 0 fully saturated rings. The van der Waals surface area contributed by atoms with Crippen molar-refractivity contribution in [3.63, 3.8) is 0 Å². The summed E-state index contributed by atoms with van der Waals surface area (Å²) in [5.41, 5.74) is 8.16. The topological polar surface area (TPSA) is 26.0 Å². The lowest BCUT2D eigenvalue weighted by Crippen LogP contribution is -1.97. The van der Waals surface area contributed by atoms with E-state index in [9.17, 15) is 0 Å². The van der Waals surface area contributed by atoms with Gasteiger partial charge in [0.25, 0.3) is 0 Å². The Morgan fingerprint density at radius 3 is 2.64 bits per heavy atom. The zero-order chi connectivity index (χ0) is 10.4. The maximum absolute atomic E-state index is 5.57. The molecule has 0 saturated carbocycles. The minimum Gasteiger partial charge on any atom is -0.326 e. The molecule has 0 aliphatic rings. The van der Waals surface area contributed by atoms with Gasteiger partial charge in [-0.15, -0.1) is 0 Å². The highest BCUT2D eigenvalue weighted by Gasteiger charge is 2.00. The van der Waals surface area contributed by atoms with Crippen molar-refractivity contribution >= 4 is 15.9 Å². The van der Waals surface area contributed by atoms with Crippen LogP contribution in [0.3, 0.4) is 0 Å². The molecule has 78 valence electrons. The number of benzene rings is 1. The maximum Gasteiger partial charge on any atom is 0.0210 e. The second kappa shape index (κ2) is 6.20. The van der Waals surface area contributed by atoms with E-state index >= 15 is 0 Å². The summed E-state index contributed by atoms with van der Waals surface area (Å²) in [4.78, 5) is 0. The van der Waals surface area contributed by atoms with E-state index in [1.807, 2.05) is 0 Å². The fourth-order valence-electron chi connectivity index (χ4n) is 1.49. The summed E-state index contributed by atoms with van der Waals surface area (Å²) < 4.78 is 1.21. The van der Waals surface area contributed by atoms with Crippen LogP contribution in [0.15, 0.2) is 22.7 Å². The molecule has 0 bridgehead atoms. The van der Waals surface area contributed by atoms with E-state index in [1.54, 1.807) is 0 Å². The highest BCUT2D eigenvalue weighted by Crippen LogP contribution is 2.20. The minimum absolute atomic E-state index is 0.619. The first-order valence-electron chi connectivity index (χ1n) is 5.25. The number of unbranched alkanes of at least 4 members (excludes halogenated alkanes) is 2. The monoisotopic (exact) mass is 255 g/mol. The SMILES string of the molecule is CCCCCc1ccc(CN)cc1Br. The Labute approximate surface area is 94.8 Å². The third kappa shape index (κ3) is 3.43. The van der Waals surface area contributed by atoms with E-state index in [4.69, 9.17) is 5.73 Å². The van der Waals surface area contributed by atoms with Gasteiger partial charge in [-0.3, -0.25) is 0 Å². The van der Waals surface area contributed by atoms with Crippen molar-refractivity contribution in [1.29, 1.82) is 0 Å².